The molecule has 172 valence electrons. The Morgan fingerprint density at radius 1 is 1.41 bits per heavy atom. The first-order chi connectivity index (χ1) is 15.4. The van der Waals surface area contributed by atoms with Crippen LogP contribution in [0.25, 0.3) is 10.9 Å². The van der Waals surface area contributed by atoms with Crippen molar-refractivity contribution < 1.29 is 23.9 Å². The van der Waals surface area contributed by atoms with Gasteiger partial charge in [0.15, 0.2) is 11.6 Å². The largest absolute Gasteiger partial charge is 0.492 e. The topological polar surface area (TPSA) is 119 Å². The first-order valence-corrected chi connectivity index (χ1v) is 10.7. The first-order valence-electron chi connectivity index (χ1n) is 10.7. The summed E-state index contributed by atoms with van der Waals surface area (Å²) in [5.74, 6) is -1.87. The lowest BCUT2D eigenvalue weighted by Gasteiger charge is -2.35. The van der Waals surface area contributed by atoms with Gasteiger partial charge in [0.25, 0.3) is 0 Å². The van der Waals surface area contributed by atoms with E-state index in [-0.39, 0.29) is 34.3 Å². The fourth-order valence-corrected chi connectivity index (χ4v) is 4.32. The molecular weight excluding hydrogens is 419 g/mol. The number of fused-ring (bicyclic) bond motifs is 1. The Bertz CT molecular complexity index is 1140. The second kappa shape index (κ2) is 8.78. The number of carboxylic acids is 1. The van der Waals surface area contributed by atoms with Crippen molar-refractivity contribution in [3.05, 3.63) is 33.9 Å². The molecule has 1 aromatic carbocycles. The second-order valence-corrected chi connectivity index (χ2v) is 8.08. The molecule has 1 unspecified atom stereocenters. The van der Waals surface area contributed by atoms with Crippen molar-refractivity contribution in [2.75, 3.05) is 38.3 Å². The van der Waals surface area contributed by atoms with Crippen LogP contribution in [0.3, 0.4) is 0 Å². The van der Waals surface area contributed by atoms with E-state index < -0.39 is 17.2 Å². The van der Waals surface area contributed by atoms with Gasteiger partial charge in [-0.3, -0.25) is 4.79 Å². The van der Waals surface area contributed by atoms with Gasteiger partial charge in [-0.2, -0.15) is 0 Å². The van der Waals surface area contributed by atoms with Gasteiger partial charge in [-0.25, -0.2) is 9.18 Å². The molecule has 9 nitrogen and oxygen atoms in total. The number of aromatic carboxylic acids is 1. The third kappa shape index (κ3) is 3.79. The molecule has 1 saturated heterocycles. The van der Waals surface area contributed by atoms with Gasteiger partial charge >= 0.3 is 5.97 Å². The third-order valence-electron chi connectivity index (χ3n) is 6.03. The van der Waals surface area contributed by atoms with Crippen molar-refractivity contribution in [2.45, 2.75) is 32.2 Å². The maximum atomic E-state index is 15.4. The zero-order valence-electron chi connectivity index (χ0n) is 18.1. The summed E-state index contributed by atoms with van der Waals surface area (Å²) in [5, 5.41) is 13.6. The van der Waals surface area contributed by atoms with Gasteiger partial charge in [-0.15, -0.1) is 0 Å². The summed E-state index contributed by atoms with van der Waals surface area (Å²) < 4.78 is 22.8. The minimum absolute atomic E-state index is 0.000816. The lowest BCUT2D eigenvalue weighted by atomic mass is 9.95. The van der Waals surface area contributed by atoms with Crippen LogP contribution in [0.4, 0.5) is 10.1 Å². The molecule has 32 heavy (non-hydrogen) atoms. The number of hydrogen-bond acceptors (Lipinski definition) is 7. The number of nitrogens with zero attached hydrogens (tertiary/aromatic N) is 3. The number of benzene rings is 1. The van der Waals surface area contributed by atoms with E-state index in [0.717, 1.165) is 24.6 Å². The Morgan fingerprint density at radius 2 is 2.16 bits per heavy atom. The Balaban J connectivity index is 1.87. The molecule has 0 spiro atoms. The Labute approximate surface area is 184 Å². The summed E-state index contributed by atoms with van der Waals surface area (Å²) >= 11 is 0. The quantitative estimate of drug-likeness (QED) is 0.627. The summed E-state index contributed by atoms with van der Waals surface area (Å²) in [7, 11) is 1.43. The highest BCUT2D eigenvalue weighted by Crippen LogP contribution is 2.44. The van der Waals surface area contributed by atoms with Crippen LogP contribution in [0.2, 0.25) is 0 Å². The van der Waals surface area contributed by atoms with Gasteiger partial charge in [0.2, 0.25) is 5.43 Å². The number of methoxy groups -OCH3 is 1. The van der Waals surface area contributed by atoms with E-state index in [1.807, 2.05) is 11.8 Å². The van der Waals surface area contributed by atoms with Gasteiger partial charge in [0, 0.05) is 44.2 Å². The lowest BCUT2D eigenvalue weighted by molar-refractivity contribution is 0.0694. The highest BCUT2D eigenvalue weighted by molar-refractivity contribution is 5.97. The van der Waals surface area contributed by atoms with E-state index in [9.17, 15) is 14.7 Å². The molecule has 3 N–H and O–H groups in total. The van der Waals surface area contributed by atoms with E-state index in [2.05, 4.69) is 5.16 Å². The van der Waals surface area contributed by atoms with Crippen molar-refractivity contribution in [3.8, 4) is 5.75 Å². The van der Waals surface area contributed by atoms with Crippen LogP contribution in [-0.2, 0) is 4.84 Å². The fraction of sp³-hybridized carbons (Fsp3) is 0.500. The van der Waals surface area contributed by atoms with Gasteiger partial charge < -0.3 is 29.9 Å². The van der Waals surface area contributed by atoms with Crippen molar-refractivity contribution in [2.24, 2.45) is 16.8 Å². The molecule has 2 fully saturated rings. The summed E-state index contributed by atoms with van der Waals surface area (Å²) in [6.07, 6.45) is 3.60. The van der Waals surface area contributed by atoms with E-state index >= 15 is 4.39 Å². The van der Waals surface area contributed by atoms with Crippen LogP contribution < -0.4 is 20.8 Å². The number of nitrogens with two attached hydrogens (primary N) is 1. The summed E-state index contributed by atoms with van der Waals surface area (Å²) in [6, 6.07) is 1.17. The lowest BCUT2D eigenvalue weighted by Crippen LogP contribution is -2.44. The summed E-state index contributed by atoms with van der Waals surface area (Å²) in [6.45, 7) is 3.52. The van der Waals surface area contributed by atoms with Crippen LogP contribution >= 0.6 is 0 Å². The molecule has 4 rings (SSSR count). The number of rotatable bonds is 7. The second-order valence-electron chi connectivity index (χ2n) is 8.08. The average Bonchev–Trinajstić information content (AvgIpc) is 3.62. The van der Waals surface area contributed by atoms with Crippen LogP contribution in [0.15, 0.2) is 22.2 Å². The third-order valence-corrected chi connectivity index (χ3v) is 6.03. The maximum absolute atomic E-state index is 15.4. The minimum Gasteiger partial charge on any atom is -0.492 e. The molecule has 0 bridgehead atoms. The molecule has 2 aromatic rings. The first kappa shape index (κ1) is 22.1. The predicted octanol–water partition coefficient (Wildman–Crippen LogP) is 2.36. The minimum atomic E-state index is -1.34. The number of anilines is 1. The average molecular weight is 446 g/mol. The monoisotopic (exact) mass is 446 g/mol. The van der Waals surface area contributed by atoms with Gasteiger partial charge in [-0.05, 0) is 25.8 Å². The molecule has 2 heterocycles. The van der Waals surface area contributed by atoms with Crippen LogP contribution in [0, 0.1) is 11.7 Å². The number of carboxylic acid groups (broad SMARTS) is 1. The van der Waals surface area contributed by atoms with Gasteiger partial charge in [0.1, 0.15) is 17.9 Å². The Hall–Kier alpha value is -3.14. The number of carbonyl (C=O) groups is 1. The SMILES string of the molecule is CCO/N=C1\CCN(c2c(F)cc3c(=O)c(C(=O)O)cn(C4CC4)c3c2OC)CC1CN. The highest BCUT2D eigenvalue weighted by atomic mass is 19.1. The number of ether oxygens (including phenoxy) is 1. The highest BCUT2D eigenvalue weighted by Gasteiger charge is 2.33. The standard InChI is InChI=1S/C22H27FN4O5/c1-3-32-25-17-6-7-26(10-12(17)9-24)19-16(23)8-14-18(21(19)31-2)27(13-4-5-13)11-15(20(14)28)22(29)30/h8,11-13H,3-7,9-10,24H2,1-2H3,(H,29,30)/b25-17+. The van der Waals surface area contributed by atoms with Gasteiger partial charge in [-0.1, -0.05) is 5.16 Å². The molecule has 1 saturated carbocycles. The summed E-state index contributed by atoms with van der Waals surface area (Å²) in [5.41, 5.74) is 6.35. The molecule has 1 aromatic heterocycles. The van der Waals surface area contributed by atoms with E-state index in [0.29, 0.717) is 38.2 Å². The van der Waals surface area contributed by atoms with Crippen LogP contribution in [0.1, 0.15) is 42.6 Å². The molecule has 10 heteroatoms. The molecule has 0 radical (unpaired) electrons. The molecular formula is C22H27FN4O5. The number of oxime groups is 1. The zero-order chi connectivity index (χ0) is 23.0. The van der Waals surface area contributed by atoms with Crippen molar-refractivity contribution in [1.29, 1.82) is 0 Å². The molecule has 2 aliphatic rings. The number of pyridine rings is 1. The van der Waals surface area contributed by atoms with Crippen molar-refractivity contribution in [1.82, 2.24) is 4.57 Å². The van der Waals surface area contributed by atoms with Crippen molar-refractivity contribution >= 4 is 28.3 Å². The Kier molecular flexibility index (Phi) is 6.05. The van der Waals surface area contributed by atoms with Gasteiger partial charge in [0.05, 0.1) is 23.7 Å². The Morgan fingerprint density at radius 3 is 2.75 bits per heavy atom. The molecule has 1 aliphatic heterocycles. The smallest absolute Gasteiger partial charge is 0.341 e. The molecule has 0 amide bonds. The summed E-state index contributed by atoms with van der Waals surface area (Å²) in [4.78, 5) is 31.5. The number of halogens is 1. The molecule has 1 atom stereocenters. The van der Waals surface area contributed by atoms with E-state index in [4.69, 9.17) is 15.3 Å². The number of aromatic nitrogens is 1. The molecule has 1 aliphatic carbocycles. The normalized spacial score (nSPS) is 20.1. The number of hydrogen-bond donors (Lipinski definition) is 2. The zero-order valence-corrected chi connectivity index (χ0v) is 18.1. The van der Waals surface area contributed by atoms with Crippen LogP contribution in [0.5, 0.6) is 5.75 Å². The van der Waals surface area contributed by atoms with E-state index in [1.165, 1.54) is 13.3 Å². The number of piperidine rings is 1. The predicted molar refractivity (Wildman–Crippen MR) is 118 cm³/mol. The fourth-order valence-electron chi connectivity index (χ4n) is 4.32. The van der Waals surface area contributed by atoms with Crippen molar-refractivity contribution in [3.63, 3.8) is 0 Å². The van der Waals surface area contributed by atoms with E-state index in [1.54, 1.807) is 4.57 Å². The van der Waals surface area contributed by atoms with Crippen LogP contribution in [-0.4, -0.2) is 54.7 Å². The maximum Gasteiger partial charge on any atom is 0.341 e.